The van der Waals surface area contributed by atoms with Gasteiger partial charge in [-0.3, -0.25) is 19.3 Å². The molecular weight excluding hydrogens is 399 g/mol. The second-order valence-corrected chi connectivity index (χ2v) is 8.53. The fourth-order valence-electron chi connectivity index (χ4n) is 3.15. The monoisotopic (exact) mass is 424 g/mol. The fraction of sp³-hybridized carbons (Fsp3) is 0.292. The maximum atomic E-state index is 13.4. The minimum absolute atomic E-state index is 0.140. The van der Waals surface area contributed by atoms with Crippen LogP contribution in [0.1, 0.15) is 57.4 Å². The Kier molecular flexibility index (Phi) is 6.24. The average Bonchev–Trinajstić information content (AvgIpc) is 2.94. The molecule has 1 aliphatic rings. The van der Waals surface area contributed by atoms with E-state index in [1.807, 2.05) is 27.7 Å². The number of benzene rings is 2. The van der Waals surface area contributed by atoms with Gasteiger partial charge in [-0.15, -0.1) is 0 Å². The second-order valence-electron chi connectivity index (χ2n) is 8.53. The highest BCUT2D eigenvalue weighted by atomic mass is 19.1. The molecule has 0 aliphatic carbocycles. The third-order valence-electron chi connectivity index (χ3n) is 4.67. The maximum Gasteiger partial charge on any atom is 0.261 e. The summed E-state index contributed by atoms with van der Waals surface area (Å²) in [4.78, 5) is 38.3. The van der Waals surface area contributed by atoms with E-state index in [9.17, 15) is 18.8 Å². The van der Waals surface area contributed by atoms with E-state index < -0.39 is 11.8 Å². The fourth-order valence-corrected chi connectivity index (χ4v) is 3.15. The van der Waals surface area contributed by atoms with E-state index in [0.717, 1.165) is 10.5 Å². The predicted octanol–water partition coefficient (Wildman–Crippen LogP) is 4.05. The summed E-state index contributed by atoms with van der Waals surface area (Å²) in [6, 6.07) is 11.5. The standard InChI is InChI=1S/C24H25FN2O4/c1-15-5-10-19-20(11-15)23(30)27(22(19)29)13-16(12-25)14-31-18-8-6-17(7-9-18)21(28)26-24(2,3)4/h5-12H,13-14H2,1-4H3,(H,26,28)/b16-12+. The highest BCUT2D eigenvalue weighted by Gasteiger charge is 2.35. The van der Waals surface area contributed by atoms with Crippen LogP contribution >= 0.6 is 0 Å². The quantitative estimate of drug-likeness (QED) is 0.710. The van der Waals surface area contributed by atoms with Crippen LogP contribution in [0.15, 0.2) is 54.4 Å². The van der Waals surface area contributed by atoms with E-state index in [-0.39, 0.29) is 30.2 Å². The lowest BCUT2D eigenvalue weighted by Crippen LogP contribution is -2.40. The number of fused-ring (bicyclic) bond motifs is 1. The van der Waals surface area contributed by atoms with Crippen molar-refractivity contribution >= 4 is 17.7 Å². The molecule has 1 N–H and O–H groups in total. The number of nitrogens with one attached hydrogen (secondary N) is 1. The van der Waals surface area contributed by atoms with Crippen LogP contribution in [0.3, 0.4) is 0 Å². The summed E-state index contributed by atoms with van der Waals surface area (Å²) in [6.07, 6.45) is 0.347. The molecule has 0 bridgehead atoms. The third kappa shape index (κ3) is 5.17. The average molecular weight is 424 g/mol. The van der Waals surface area contributed by atoms with E-state index in [1.54, 1.807) is 42.5 Å². The zero-order chi connectivity index (χ0) is 22.8. The molecule has 3 amide bonds. The van der Waals surface area contributed by atoms with E-state index in [4.69, 9.17) is 4.74 Å². The summed E-state index contributed by atoms with van der Waals surface area (Å²) in [5.41, 5.74) is 1.78. The molecule has 0 aromatic heterocycles. The van der Waals surface area contributed by atoms with Gasteiger partial charge in [-0.2, -0.15) is 0 Å². The number of aryl methyl sites for hydroxylation is 1. The van der Waals surface area contributed by atoms with E-state index in [2.05, 4.69) is 5.32 Å². The largest absolute Gasteiger partial charge is 0.489 e. The maximum absolute atomic E-state index is 13.4. The van der Waals surface area contributed by atoms with Crippen molar-refractivity contribution in [2.75, 3.05) is 13.2 Å². The van der Waals surface area contributed by atoms with Crippen LogP contribution in [0.25, 0.3) is 0 Å². The number of hydrogen-bond acceptors (Lipinski definition) is 4. The molecule has 162 valence electrons. The van der Waals surface area contributed by atoms with Crippen molar-refractivity contribution in [1.29, 1.82) is 0 Å². The second kappa shape index (κ2) is 8.71. The first kappa shape index (κ1) is 22.2. The zero-order valence-corrected chi connectivity index (χ0v) is 18.0. The van der Waals surface area contributed by atoms with Crippen LogP contribution in [0, 0.1) is 6.92 Å². The highest BCUT2D eigenvalue weighted by Crippen LogP contribution is 2.25. The number of carbonyl (C=O) groups is 3. The molecule has 0 atom stereocenters. The number of hydrogen-bond donors (Lipinski definition) is 1. The van der Waals surface area contributed by atoms with Crippen LogP contribution in [-0.2, 0) is 0 Å². The molecule has 2 aromatic rings. The Morgan fingerprint density at radius 1 is 1.06 bits per heavy atom. The first-order valence-corrected chi connectivity index (χ1v) is 9.89. The van der Waals surface area contributed by atoms with Crippen LogP contribution in [0.4, 0.5) is 4.39 Å². The Bertz CT molecular complexity index is 1050. The Hall–Kier alpha value is -3.48. The van der Waals surface area contributed by atoms with Crippen molar-refractivity contribution in [2.24, 2.45) is 0 Å². The summed E-state index contributed by atoms with van der Waals surface area (Å²) >= 11 is 0. The molecule has 3 rings (SSSR count). The summed E-state index contributed by atoms with van der Waals surface area (Å²) in [5.74, 6) is -0.667. The molecule has 0 spiro atoms. The van der Waals surface area contributed by atoms with Crippen molar-refractivity contribution < 1.29 is 23.5 Å². The summed E-state index contributed by atoms with van der Waals surface area (Å²) in [6.45, 7) is 7.16. The topological polar surface area (TPSA) is 75.7 Å². The molecule has 0 unspecified atom stereocenters. The number of imide groups is 1. The third-order valence-corrected chi connectivity index (χ3v) is 4.67. The van der Waals surface area contributed by atoms with Gasteiger partial charge in [0.05, 0.1) is 24.0 Å². The van der Waals surface area contributed by atoms with Crippen LogP contribution < -0.4 is 10.1 Å². The van der Waals surface area contributed by atoms with Crippen LogP contribution in [-0.4, -0.2) is 41.3 Å². The van der Waals surface area contributed by atoms with Gasteiger partial charge in [-0.25, -0.2) is 4.39 Å². The highest BCUT2D eigenvalue weighted by molar-refractivity contribution is 6.21. The first-order chi connectivity index (χ1) is 14.6. The molecule has 0 fully saturated rings. The van der Waals surface area contributed by atoms with Gasteiger partial charge in [0.25, 0.3) is 17.7 Å². The molecule has 1 heterocycles. The van der Waals surface area contributed by atoms with Gasteiger partial charge in [-0.05, 0) is 64.1 Å². The summed E-state index contributed by atoms with van der Waals surface area (Å²) in [7, 11) is 0. The predicted molar refractivity (Wildman–Crippen MR) is 115 cm³/mol. The number of amides is 3. The van der Waals surface area contributed by atoms with Gasteiger partial charge in [0, 0.05) is 16.7 Å². The minimum Gasteiger partial charge on any atom is -0.489 e. The van der Waals surface area contributed by atoms with E-state index >= 15 is 0 Å². The normalized spacial score (nSPS) is 14.0. The number of nitrogens with zero attached hydrogens (tertiary/aromatic N) is 1. The molecule has 2 aromatic carbocycles. The van der Waals surface area contributed by atoms with Gasteiger partial charge >= 0.3 is 0 Å². The number of carbonyl (C=O) groups excluding carboxylic acids is 3. The lowest BCUT2D eigenvalue weighted by atomic mass is 10.1. The van der Waals surface area contributed by atoms with Crippen molar-refractivity contribution in [3.05, 3.63) is 76.6 Å². The molecule has 1 aliphatic heterocycles. The Morgan fingerprint density at radius 2 is 1.71 bits per heavy atom. The van der Waals surface area contributed by atoms with Gasteiger partial charge in [0.2, 0.25) is 0 Å². The molecular formula is C24H25FN2O4. The van der Waals surface area contributed by atoms with Crippen molar-refractivity contribution in [3.63, 3.8) is 0 Å². The zero-order valence-electron chi connectivity index (χ0n) is 18.0. The molecule has 0 radical (unpaired) electrons. The summed E-state index contributed by atoms with van der Waals surface area (Å²) in [5, 5.41) is 2.87. The molecule has 6 nitrogen and oxygen atoms in total. The van der Waals surface area contributed by atoms with E-state index in [0.29, 0.717) is 28.8 Å². The smallest absolute Gasteiger partial charge is 0.261 e. The number of rotatable bonds is 6. The van der Waals surface area contributed by atoms with Gasteiger partial charge < -0.3 is 10.1 Å². The number of ether oxygens (including phenoxy) is 1. The lowest BCUT2D eigenvalue weighted by Gasteiger charge is -2.20. The Balaban J connectivity index is 1.61. The number of halogens is 1. The SMILES string of the molecule is Cc1ccc2c(c1)C(=O)N(C/C(=C\F)COc1ccc(C(=O)NC(C)(C)C)cc1)C2=O. The molecule has 7 heteroatoms. The van der Waals surface area contributed by atoms with Crippen molar-refractivity contribution in [2.45, 2.75) is 33.2 Å². The lowest BCUT2D eigenvalue weighted by molar-refractivity contribution is 0.0664. The molecule has 0 saturated carbocycles. The van der Waals surface area contributed by atoms with Gasteiger partial charge in [0.1, 0.15) is 12.4 Å². The van der Waals surface area contributed by atoms with Crippen molar-refractivity contribution in [1.82, 2.24) is 10.2 Å². The van der Waals surface area contributed by atoms with Crippen molar-refractivity contribution in [3.8, 4) is 5.75 Å². The molecule has 31 heavy (non-hydrogen) atoms. The van der Waals surface area contributed by atoms with Crippen LogP contribution in [0.2, 0.25) is 0 Å². The molecule has 0 saturated heterocycles. The van der Waals surface area contributed by atoms with Gasteiger partial charge in [0.15, 0.2) is 0 Å². The summed E-state index contributed by atoms with van der Waals surface area (Å²) < 4.78 is 19.0. The first-order valence-electron chi connectivity index (χ1n) is 9.89. The Labute approximate surface area is 180 Å². The van der Waals surface area contributed by atoms with Gasteiger partial charge in [-0.1, -0.05) is 11.6 Å². The minimum atomic E-state index is -0.450. The van der Waals surface area contributed by atoms with E-state index in [1.165, 1.54) is 0 Å². The Morgan fingerprint density at radius 3 is 2.32 bits per heavy atom. The van der Waals surface area contributed by atoms with Crippen LogP contribution in [0.5, 0.6) is 5.75 Å².